The molecule has 5 nitrogen and oxygen atoms in total. The van der Waals surface area contributed by atoms with Crippen molar-refractivity contribution >= 4 is 41.2 Å². The van der Waals surface area contributed by atoms with E-state index in [-0.39, 0.29) is 35.5 Å². The molecule has 29 heavy (non-hydrogen) atoms. The van der Waals surface area contributed by atoms with Gasteiger partial charge in [-0.3, -0.25) is 9.59 Å². The van der Waals surface area contributed by atoms with Crippen molar-refractivity contribution < 1.29 is 14.0 Å². The van der Waals surface area contributed by atoms with E-state index in [1.807, 2.05) is 0 Å². The number of benzene rings is 1. The van der Waals surface area contributed by atoms with E-state index in [1.54, 1.807) is 30.3 Å². The van der Waals surface area contributed by atoms with E-state index < -0.39 is 0 Å². The lowest BCUT2D eigenvalue weighted by Crippen LogP contribution is -2.40. The molecular formula is C22H16Cl2N2O3. The van der Waals surface area contributed by atoms with Gasteiger partial charge in [0, 0.05) is 5.56 Å². The van der Waals surface area contributed by atoms with Crippen molar-refractivity contribution in [1.29, 1.82) is 0 Å². The lowest BCUT2D eigenvalue weighted by atomic mass is 9.63. The largest absolute Gasteiger partial charge is 0.455 e. The van der Waals surface area contributed by atoms with Crippen LogP contribution in [0.1, 0.15) is 12.2 Å². The van der Waals surface area contributed by atoms with Crippen molar-refractivity contribution in [3.8, 4) is 11.3 Å². The van der Waals surface area contributed by atoms with Crippen molar-refractivity contribution in [1.82, 2.24) is 5.01 Å². The Morgan fingerprint density at radius 1 is 1.00 bits per heavy atom. The first-order valence-corrected chi connectivity index (χ1v) is 10.4. The summed E-state index contributed by atoms with van der Waals surface area (Å²) in [7, 11) is 0. The van der Waals surface area contributed by atoms with Crippen LogP contribution in [0.2, 0.25) is 10.0 Å². The summed E-state index contributed by atoms with van der Waals surface area (Å²) in [6.45, 7) is 0. The molecule has 1 saturated heterocycles. The second-order valence-electron chi connectivity index (χ2n) is 8.19. The van der Waals surface area contributed by atoms with Crippen molar-refractivity contribution in [2.75, 3.05) is 0 Å². The minimum Gasteiger partial charge on any atom is -0.455 e. The average molecular weight is 427 g/mol. The van der Waals surface area contributed by atoms with Crippen LogP contribution in [-0.2, 0) is 9.59 Å². The fourth-order valence-corrected chi connectivity index (χ4v) is 5.82. The molecule has 6 atom stereocenters. The summed E-state index contributed by atoms with van der Waals surface area (Å²) in [4.78, 5) is 25.9. The van der Waals surface area contributed by atoms with Gasteiger partial charge in [0.15, 0.2) is 0 Å². The molecule has 0 spiro atoms. The van der Waals surface area contributed by atoms with Crippen LogP contribution in [0.3, 0.4) is 0 Å². The smallest absolute Gasteiger partial charge is 0.254 e. The Hall–Kier alpha value is -2.37. The number of carbonyl (C=O) groups is 2. The Bertz CT molecular complexity index is 1090. The Balaban J connectivity index is 1.26. The number of furan rings is 1. The third-order valence-corrected chi connectivity index (χ3v) is 7.60. The quantitative estimate of drug-likeness (QED) is 0.407. The molecule has 146 valence electrons. The van der Waals surface area contributed by atoms with E-state index in [0.29, 0.717) is 39.0 Å². The van der Waals surface area contributed by atoms with Gasteiger partial charge in [-0.2, -0.15) is 10.1 Å². The molecule has 3 fully saturated rings. The Kier molecular flexibility index (Phi) is 3.66. The highest BCUT2D eigenvalue weighted by molar-refractivity contribution is 6.43. The molecule has 2 saturated carbocycles. The Labute approximate surface area is 177 Å². The van der Waals surface area contributed by atoms with Crippen LogP contribution in [0.4, 0.5) is 0 Å². The molecule has 2 amide bonds. The number of hydrogen-bond donors (Lipinski definition) is 0. The molecule has 0 radical (unpaired) electrons. The first kappa shape index (κ1) is 17.5. The zero-order valence-corrected chi connectivity index (χ0v) is 16.7. The minimum atomic E-state index is -0.254. The molecule has 0 unspecified atom stereocenters. The van der Waals surface area contributed by atoms with E-state index >= 15 is 0 Å². The van der Waals surface area contributed by atoms with Gasteiger partial charge in [-0.25, -0.2) is 0 Å². The molecule has 2 bridgehead atoms. The van der Waals surface area contributed by atoms with Gasteiger partial charge in [-0.15, -0.1) is 0 Å². The molecule has 7 heteroatoms. The van der Waals surface area contributed by atoms with Gasteiger partial charge >= 0.3 is 0 Å². The third kappa shape index (κ3) is 2.44. The van der Waals surface area contributed by atoms with Crippen molar-refractivity contribution in [2.24, 2.45) is 40.6 Å². The predicted octanol–water partition coefficient (Wildman–Crippen LogP) is 4.64. The number of hydrogen-bond acceptors (Lipinski definition) is 4. The van der Waals surface area contributed by atoms with Crippen molar-refractivity contribution in [3.05, 3.63) is 58.3 Å². The SMILES string of the molecule is O=C1[C@@H]2[C@@H]3C=C[C@H]([C@@H]4C[C@H]34)[C@@H]2C(=O)N1/N=C\c1ccc(-c2cccc(Cl)c2Cl)o1. The summed E-state index contributed by atoms with van der Waals surface area (Å²) < 4.78 is 5.78. The van der Waals surface area contributed by atoms with Crippen molar-refractivity contribution in [3.63, 3.8) is 0 Å². The number of rotatable bonds is 3. The summed E-state index contributed by atoms with van der Waals surface area (Å²) in [6, 6.07) is 8.77. The fraction of sp³-hybridized carbons (Fsp3) is 0.318. The molecule has 0 N–H and O–H groups in total. The van der Waals surface area contributed by atoms with E-state index in [4.69, 9.17) is 27.6 Å². The molecule has 4 aliphatic carbocycles. The molecule has 1 aromatic heterocycles. The van der Waals surface area contributed by atoms with E-state index in [2.05, 4.69) is 17.3 Å². The van der Waals surface area contributed by atoms with Gasteiger partial charge in [0.25, 0.3) is 11.8 Å². The molecule has 7 rings (SSSR count). The third-order valence-electron chi connectivity index (χ3n) is 6.78. The summed E-state index contributed by atoms with van der Waals surface area (Å²) in [5, 5.41) is 6.08. The first-order valence-electron chi connectivity index (χ1n) is 9.69. The number of imide groups is 1. The highest BCUT2D eigenvalue weighted by Crippen LogP contribution is 2.65. The molecular weight excluding hydrogens is 411 g/mol. The molecule has 2 aromatic rings. The fourth-order valence-electron chi connectivity index (χ4n) is 5.43. The monoisotopic (exact) mass is 426 g/mol. The number of nitrogens with zero attached hydrogens (tertiary/aromatic N) is 2. The van der Waals surface area contributed by atoms with Gasteiger partial charge in [0.2, 0.25) is 0 Å². The van der Waals surface area contributed by atoms with Gasteiger partial charge in [0.1, 0.15) is 11.5 Å². The summed E-state index contributed by atoms with van der Waals surface area (Å²) >= 11 is 12.3. The van der Waals surface area contributed by atoms with Crippen LogP contribution in [-0.4, -0.2) is 23.0 Å². The topological polar surface area (TPSA) is 62.9 Å². The van der Waals surface area contributed by atoms with Gasteiger partial charge in [-0.1, -0.05) is 41.4 Å². The Morgan fingerprint density at radius 2 is 1.69 bits per heavy atom. The number of amides is 2. The van der Waals surface area contributed by atoms with Crippen LogP contribution in [0.15, 0.2) is 52.0 Å². The number of carbonyl (C=O) groups excluding carboxylic acids is 2. The van der Waals surface area contributed by atoms with Crippen LogP contribution >= 0.6 is 23.2 Å². The maximum Gasteiger partial charge on any atom is 0.254 e. The molecule has 1 aliphatic heterocycles. The second kappa shape index (κ2) is 6.07. The second-order valence-corrected chi connectivity index (χ2v) is 8.98. The summed E-state index contributed by atoms with van der Waals surface area (Å²) in [5.41, 5.74) is 0.667. The molecule has 5 aliphatic rings. The normalized spacial score (nSPS) is 34.2. The standard InChI is InChI=1S/C22H16Cl2N2O3/c23-16-3-1-2-13(20(16)24)17-7-4-10(29-17)9-25-26-21(27)18-11-5-6-12(15-8-14(11)15)19(18)22(26)28/h1-7,9,11-12,14-15,18-19H,8H2/b25-9-/t11-,12-,14-,15+,18-,19+/m1/s1. The van der Waals surface area contributed by atoms with E-state index in [9.17, 15) is 9.59 Å². The zero-order chi connectivity index (χ0) is 19.9. The molecule has 2 heterocycles. The van der Waals surface area contributed by atoms with Crippen LogP contribution in [0.5, 0.6) is 0 Å². The highest BCUT2D eigenvalue weighted by Gasteiger charge is 2.67. The van der Waals surface area contributed by atoms with Crippen molar-refractivity contribution in [2.45, 2.75) is 6.42 Å². The van der Waals surface area contributed by atoms with Crippen LogP contribution in [0, 0.1) is 35.5 Å². The lowest BCUT2D eigenvalue weighted by Gasteiger charge is -2.37. The zero-order valence-electron chi connectivity index (χ0n) is 15.2. The van der Waals surface area contributed by atoms with Gasteiger partial charge in [0.05, 0.1) is 28.1 Å². The lowest BCUT2D eigenvalue weighted by molar-refractivity contribution is -0.140. The Morgan fingerprint density at radius 3 is 2.38 bits per heavy atom. The number of allylic oxidation sites excluding steroid dienone is 2. The van der Waals surface area contributed by atoms with Gasteiger partial charge < -0.3 is 4.42 Å². The van der Waals surface area contributed by atoms with Crippen LogP contribution < -0.4 is 0 Å². The van der Waals surface area contributed by atoms with Gasteiger partial charge in [-0.05, 0) is 54.4 Å². The highest BCUT2D eigenvalue weighted by atomic mass is 35.5. The first-order chi connectivity index (χ1) is 14.0. The minimum absolute atomic E-state index is 0.187. The summed E-state index contributed by atoms with van der Waals surface area (Å²) in [6.07, 6.45) is 6.84. The average Bonchev–Trinajstić information content (AvgIpc) is 3.36. The maximum atomic E-state index is 12.9. The number of hydrazone groups is 1. The summed E-state index contributed by atoms with van der Waals surface area (Å²) in [5.74, 6) is 1.59. The maximum absolute atomic E-state index is 12.9. The number of halogens is 2. The van der Waals surface area contributed by atoms with E-state index in [0.717, 1.165) is 11.4 Å². The predicted molar refractivity (Wildman–Crippen MR) is 108 cm³/mol. The molecule has 1 aromatic carbocycles. The van der Waals surface area contributed by atoms with Crippen LogP contribution in [0.25, 0.3) is 11.3 Å². The van der Waals surface area contributed by atoms with E-state index in [1.165, 1.54) is 6.21 Å².